The fraction of sp³-hybridized carbons (Fsp3) is 0.231. The molecule has 2 rings (SSSR count). The van der Waals surface area contributed by atoms with Crippen molar-refractivity contribution >= 4 is 17.3 Å². The van der Waals surface area contributed by atoms with E-state index in [1.807, 2.05) is 38.1 Å². The van der Waals surface area contributed by atoms with E-state index < -0.39 is 5.97 Å². The Hall–Kier alpha value is -1.68. The maximum atomic E-state index is 10.7. The molecular weight excluding hydrogens is 234 g/mol. The van der Waals surface area contributed by atoms with Gasteiger partial charge in [-0.2, -0.15) is 0 Å². The third kappa shape index (κ3) is 2.71. The molecule has 0 fully saturated rings. The van der Waals surface area contributed by atoms with Crippen LogP contribution in [0.4, 0.5) is 0 Å². The van der Waals surface area contributed by atoms with Crippen molar-refractivity contribution in [2.45, 2.75) is 20.3 Å². The summed E-state index contributed by atoms with van der Waals surface area (Å²) < 4.78 is 0. The highest BCUT2D eigenvalue weighted by molar-refractivity contribution is 7.15. The minimum absolute atomic E-state index is 0.0602. The molecule has 0 bridgehead atoms. The summed E-state index contributed by atoms with van der Waals surface area (Å²) in [6.45, 7) is 3.95. The van der Waals surface area contributed by atoms with Crippen molar-refractivity contribution < 1.29 is 9.90 Å². The van der Waals surface area contributed by atoms with Gasteiger partial charge in [-0.05, 0) is 31.0 Å². The number of aliphatic carboxylic acids is 1. The number of rotatable bonds is 3. The number of carboxylic acids is 1. The Morgan fingerprint density at radius 1 is 1.41 bits per heavy atom. The second-order valence-electron chi connectivity index (χ2n) is 3.92. The molecule has 1 aromatic carbocycles. The number of thiazole rings is 1. The van der Waals surface area contributed by atoms with Crippen molar-refractivity contribution in [1.82, 2.24) is 4.98 Å². The molecule has 0 spiro atoms. The van der Waals surface area contributed by atoms with E-state index in [0.717, 1.165) is 26.7 Å². The topological polar surface area (TPSA) is 50.2 Å². The van der Waals surface area contributed by atoms with Gasteiger partial charge in [-0.1, -0.05) is 18.2 Å². The van der Waals surface area contributed by atoms with Crippen LogP contribution in [0, 0.1) is 13.8 Å². The van der Waals surface area contributed by atoms with Crippen LogP contribution in [0.15, 0.2) is 24.3 Å². The number of aryl methyl sites for hydroxylation is 2. The van der Waals surface area contributed by atoms with E-state index in [1.165, 1.54) is 0 Å². The minimum atomic E-state index is -0.806. The van der Waals surface area contributed by atoms with Crippen molar-refractivity contribution in [1.29, 1.82) is 0 Å². The zero-order valence-electron chi connectivity index (χ0n) is 9.73. The number of benzene rings is 1. The van der Waals surface area contributed by atoms with Crippen molar-refractivity contribution in [3.63, 3.8) is 0 Å². The predicted octanol–water partition coefficient (Wildman–Crippen LogP) is 3.05. The summed E-state index contributed by atoms with van der Waals surface area (Å²) in [6.07, 6.45) is 0.0602. The van der Waals surface area contributed by atoms with Crippen LogP contribution in [-0.2, 0) is 11.2 Å². The lowest BCUT2D eigenvalue weighted by atomic mass is 10.1. The molecule has 0 radical (unpaired) electrons. The van der Waals surface area contributed by atoms with Crippen molar-refractivity contribution in [2.24, 2.45) is 0 Å². The summed E-state index contributed by atoms with van der Waals surface area (Å²) in [7, 11) is 0. The minimum Gasteiger partial charge on any atom is -0.481 e. The first-order valence-electron chi connectivity index (χ1n) is 5.31. The molecule has 88 valence electrons. The van der Waals surface area contributed by atoms with Crippen LogP contribution in [0.2, 0.25) is 0 Å². The van der Waals surface area contributed by atoms with Gasteiger partial charge in [0.2, 0.25) is 0 Å². The summed E-state index contributed by atoms with van der Waals surface area (Å²) >= 11 is 1.64. The van der Waals surface area contributed by atoms with E-state index in [4.69, 9.17) is 5.11 Å². The molecule has 0 aliphatic rings. The number of carbonyl (C=O) groups is 1. The maximum absolute atomic E-state index is 10.7. The monoisotopic (exact) mass is 247 g/mol. The van der Waals surface area contributed by atoms with Crippen LogP contribution in [-0.4, -0.2) is 16.1 Å². The molecular formula is C13H13NO2S. The van der Waals surface area contributed by atoms with E-state index in [-0.39, 0.29) is 6.42 Å². The quantitative estimate of drug-likeness (QED) is 0.906. The molecule has 0 atom stereocenters. The van der Waals surface area contributed by atoms with Gasteiger partial charge in [-0.15, -0.1) is 11.3 Å². The van der Waals surface area contributed by atoms with E-state index in [0.29, 0.717) is 0 Å². The summed E-state index contributed by atoms with van der Waals surface area (Å²) in [6, 6.07) is 7.64. The first-order valence-corrected chi connectivity index (χ1v) is 6.13. The summed E-state index contributed by atoms with van der Waals surface area (Å²) in [4.78, 5) is 16.2. The second kappa shape index (κ2) is 4.67. The summed E-state index contributed by atoms with van der Waals surface area (Å²) in [5, 5.41) is 9.81. The second-order valence-corrected chi connectivity index (χ2v) is 5.12. The molecule has 2 aromatic rings. The average Bonchev–Trinajstić information content (AvgIpc) is 2.57. The van der Waals surface area contributed by atoms with Gasteiger partial charge in [-0.25, -0.2) is 4.98 Å². The molecule has 0 unspecified atom stereocenters. The normalized spacial score (nSPS) is 10.5. The number of hydrogen-bond acceptors (Lipinski definition) is 3. The largest absolute Gasteiger partial charge is 0.481 e. The molecule has 0 amide bonds. The lowest BCUT2D eigenvalue weighted by molar-refractivity contribution is -0.136. The Morgan fingerprint density at radius 3 is 2.76 bits per heavy atom. The third-order valence-corrected chi connectivity index (χ3v) is 3.57. The molecule has 0 aliphatic heterocycles. The highest BCUT2D eigenvalue weighted by Crippen LogP contribution is 2.30. The molecule has 4 heteroatoms. The smallest absolute Gasteiger partial charge is 0.307 e. The lowest BCUT2D eigenvalue weighted by Gasteiger charge is -2.02. The molecule has 3 nitrogen and oxygen atoms in total. The highest BCUT2D eigenvalue weighted by Gasteiger charge is 2.08. The van der Waals surface area contributed by atoms with Crippen molar-refractivity contribution in [3.8, 4) is 10.4 Å². The molecule has 17 heavy (non-hydrogen) atoms. The summed E-state index contributed by atoms with van der Waals surface area (Å²) in [5.74, 6) is -0.806. The van der Waals surface area contributed by atoms with Crippen molar-refractivity contribution in [2.75, 3.05) is 0 Å². The fourth-order valence-corrected chi connectivity index (χ4v) is 2.71. The van der Waals surface area contributed by atoms with Crippen LogP contribution >= 0.6 is 11.3 Å². The SMILES string of the molecule is Cc1nc(C)c(-c2cccc(CC(=O)O)c2)s1. The average molecular weight is 247 g/mol. The van der Waals surface area contributed by atoms with Gasteiger partial charge in [0.15, 0.2) is 0 Å². The van der Waals surface area contributed by atoms with Gasteiger partial charge in [0.1, 0.15) is 0 Å². The van der Waals surface area contributed by atoms with E-state index in [1.54, 1.807) is 11.3 Å². The van der Waals surface area contributed by atoms with Crippen LogP contribution < -0.4 is 0 Å². The number of hydrogen-bond donors (Lipinski definition) is 1. The molecule has 0 saturated carbocycles. The zero-order valence-corrected chi connectivity index (χ0v) is 10.5. The van der Waals surface area contributed by atoms with E-state index in [9.17, 15) is 4.79 Å². The van der Waals surface area contributed by atoms with Crippen molar-refractivity contribution in [3.05, 3.63) is 40.5 Å². The first-order chi connectivity index (χ1) is 8.06. The Morgan fingerprint density at radius 2 is 2.18 bits per heavy atom. The van der Waals surface area contributed by atoms with Crippen LogP contribution in [0.1, 0.15) is 16.3 Å². The molecule has 0 aliphatic carbocycles. The number of carboxylic acid groups (broad SMARTS) is 1. The third-order valence-electron chi connectivity index (χ3n) is 2.45. The van der Waals surface area contributed by atoms with Crippen LogP contribution in [0.25, 0.3) is 10.4 Å². The summed E-state index contributed by atoms with van der Waals surface area (Å²) in [5.41, 5.74) is 2.87. The fourth-order valence-electron chi connectivity index (χ4n) is 1.80. The Balaban J connectivity index is 2.39. The van der Waals surface area contributed by atoms with Crippen LogP contribution in [0.3, 0.4) is 0 Å². The zero-order chi connectivity index (χ0) is 12.4. The predicted molar refractivity (Wildman–Crippen MR) is 68.4 cm³/mol. The number of aromatic nitrogens is 1. The van der Waals surface area contributed by atoms with Gasteiger partial charge in [0.05, 0.1) is 22.0 Å². The molecule has 1 aromatic heterocycles. The first kappa shape index (κ1) is 11.8. The highest BCUT2D eigenvalue weighted by atomic mass is 32.1. The Labute approximate surface area is 104 Å². The molecule has 1 N–H and O–H groups in total. The standard InChI is InChI=1S/C13H13NO2S/c1-8-13(17-9(2)14-8)11-5-3-4-10(6-11)7-12(15)16/h3-6H,7H2,1-2H3,(H,15,16). The Kier molecular flexibility index (Phi) is 3.24. The van der Waals surface area contributed by atoms with Gasteiger partial charge in [0, 0.05) is 0 Å². The van der Waals surface area contributed by atoms with E-state index >= 15 is 0 Å². The van der Waals surface area contributed by atoms with Gasteiger partial charge in [-0.3, -0.25) is 4.79 Å². The van der Waals surface area contributed by atoms with Crippen LogP contribution in [0.5, 0.6) is 0 Å². The number of nitrogens with zero attached hydrogens (tertiary/aromatic N) is 1. The van der Waals surface area contributed by atoms with Gasteiger partial charge in [0.25, 0.3) is 0 Å². The van der Waals surface area contributed by atoms with E-state index in [2.05, 4.69) is 4.98 Å². The molecule has 1 heterocycles. The van der Waals surface area contributed by atoms with Gasteiger partial charge >= 0.3 is 5.97 Å². The molecule has 0 saturated heterocycles. The lowest BCUT2D eigenvalue weighted by Crippen LogP contribution is -1.99. The van der Waals surface area contributed by atoms with Gasteiger partial charge < -0.3 is 5.11 Å². The Bertz CT molecular complexity index is 560. The maximum Gasteiger partial charge on any atom is 0.307 e.